The molecule has 4 aromatic rings. The van der Waals surface area contributed by atoms with Crippen LogP contribution in [0.15, 0.2) is 60.7 Å². The van der Waals surface area contributed by atoms with Crippen LogP contribution >= 0.6 is 0 Å². The van der Waals surface area contributed by atoms with Gasteiger partial charge < -0.3 is 25.4 Å². The first kappa shape index (κ1) is 24.2. The molecule has 1 aliphatic rings. The van der Waals surface area contributed by atoms with Gasteiger partial charge in [0.2, 0.25) is 0 Å². The van der Waals surface area contributed by atoms with Gasteiger partial charge in [0.25, 0.3) is 0 Å². The summed E-state index contributed by atoms with van der Waals surface area (Å²) in [6.45, 7) is 2.34. The van der Waals surface area contributed by atoms with Crippen molar-refractivity contribution in [3.63, 3.8) is 0 Å². The van der Waals surface area contributed by atoms with Gasteiger partial charge in [-0.05, 0) is 55.5 Å². The highest BCUT2D eigenvalue weighted by atomic mass is 19.4. The van der Waals surface area contributed by atoms with E-state index in [1.54, 1.807) is 60.7 Å². The van der Waals surface area contributed by atoms with E-state index in [9.17, 15) is 18.0 Å². The van der Waals surface area contributed by atoms with Gasteiger partial charge in [-0.25, -0.2) is 14.8 Å². The topological polar surface area (TPSA) is 97.4 Å². The number of nitrogens with zero attached hydrogens (tertiary/aromatic N) is 2. The lowest BCUT2D eigenvalue weighted by atomic mass is 10.1. The molecule has 0 aliphatic carbocycles. The monoisotopic (exact) mass is 509 g/mol. The fourth-order valence-corrected chi connectivity index (χ4v) is 4.01. The number of ether oxygens (including phenoxy) is 2. The highest BCUT2D eigenvalue weighted by Crippen LogP contribution is 2.38. The van der Waals surface area contributed by atoms with E-state index in [4.69, 9.17) is 14.5 Å². The molecular weight excluding hydrogens is 487 g/mol. The van der Waals surface area contributed by atoms with Gasteiger partial charge in [-0.2, -0.15) is 13.2 Å². The molecule has 0 bridgehead atoms. The number of esters is 1. The molecule has 3 aromatic carbocycles. The predicted molar refractivity (Wildman–Crippen MR) is 134 cm³/mol. The fraction of sp³-hybridized carbons (Fsp3) is 0.192. The summed E-state index contributed by atoms with van der Waals surface area (Å²) in [4.78, 5) is 21.4. The van der Waals surface area contributed by atoms with Gasteiger partial charge in [0.1, 0.15) is 11.6 Å². The molecule has 5 rings (SSSR count). The van der Waals surface area contributed by atoms with Crippen LogP contribution in [0.25, 0.3) is 22.3 Å². The van der Waals surface area contributed by atoms with E-state index >= 15 is 0 Å². The van der Waals surface area contributed by atoms with Gasteiger partial charge >= 0.3 is 12.1 Å². The van der Waals surface area contributed by atoms with Crippen molar-refractivity contribution in [1.82, 2.24) is 9.97 Å². The molecule has 0 saturated carbocycles. The van der Waals surface area contributed by atoms with E-state index in [1.165, 1.54) is 7.11 Å². The zero-order valence-electron chi connectivity index (χ0n) is 19.8. The lowest BCUT2D eigenvalue weighted by Crippen LogP contribution is -2.38. The minimum Gasteiger partial charge on any atom is -0.494 e. The van der Waals surface area contributed by atoms with Crippen molar-refractivity contribution in [2.75, 3.05) is 29.7 Å². The molecule has 190 valence electrons. The third-order valence-electron chi connectivity index (χ3n) is 5.73. The van der Waals surface area contributed by atoms with Crippen molar-refractivity contribution in [1.29, 1.82) is 0 Å². The summed E-state index contributed by atoms with van der Waals surface area (Å²) < 4.78 is 49.9. The SMILES string of the molecule is CCOc1ccc2nc(-c3cccc(C(=O)OC)c3)nc(Nc3ccc4c(c3)NC(C(F)(F)F)N4)c2c1. The number of halogens is 3. The largest absolute Gasteiger partial charge is 0.494 e. The predicted octanol–water partition coefficient (Wildman–Crippen LogP) is 5.95. The van der Waals surface area contributed by atoms with Crippen molar-refractivity contribution in [2.45, 2.75) is 19.3 Å². The summed E-state index contributed by atoms with van der Waals surface area (Å²) in [6.07, 6.45) is -6.31. The van der Waals surface area contributed by atoms with Gasteiger partial charge in [-0.1, -0.05) is 12.1 Å². The van der Waals surface area contributed by atoms with Crippen LogP contribution in [-0.4, -0.2) is 42.0 Å². The molecule has 3 N–H and O–H groups in total. The number of benzene rings is 3. The van der Waals surface area contributed by atoms with E-state index in [-0.39, 0.29) is 0 Å². The fourth-order valence-electron chi connectivity index (χ4n) is 4.01. The minimum absolute atomic E-state index is 0.312. The molecule has 0 spiro atoms. The second-order valence-corrected chi connectivity index (χ2v) is 8.23. The summed E-state index contributed by atoms with van der Waals surface area (Å²) in [6, 6.07) is 16.9. The number of hydrogen-bond donors (Lipinski definition) is 3. The van der Waals surface area contributed by atoms with Gasteiger partial charge in [-0.3, -0.25) is 0 Å². The van der Waals surface area contributed by atoms with E-state index in [0.717, 1.165) is 0 Å². The minimum atomic E-state index is -4.45. The number of methoxy groups -OCH3 is 1. The maximum absolute atomic E-state index is 13.2. The standard InChI is InChI=1S/C26H22F3N5O3/c1-3-37-17-8-10-19-18(13-17)23(34-22(31-19)14-5-4-6-15(11-14)24(35)36-2)30-16-7-9-20-21(12-16)33-25(32-20)26(27,28)29/h4-13,25,32-33H,3H2,1-2H3,(H,30,31,34). The molecule has 1 atom stereocenters. The number of carbonyl (C=O) groups is 1. The first-order valence-corrected chi connectivity index (χ1v) is 11.4. The average molecular weight is 509 g/mol. The van der Waals surface area contributed by atoms with Crippen LogP contribution in [0.5, 0.6) is 5.75 Å². The molecule has 8 nitrogen and oxygen atoms in total. The molecule has 0 fully saturated rings. The number of aromatic nitrogens is 2. The Labute approximate surface area is 209 Å². The van der Waals surface area contributed by atoms with Gasteiger partial charge in [0.15, 0.2) is 12.0 Å². The molecule has 0 amide bonds. The van der Waals surface area contributed by atoms with Gasteiger partial charge in [0, 0.05) is 16.6 Å². The number of nitrogens with one attached hydrogen (secondary N) is 3. The van der Waals surface area contributed by atoms with E-state index in [1.807, 2.05) is 6.92 Å². The van der Waals surface area contributed by atoms with Gasteiger partial charge in [-0.15, -0.1) is 0 Å². The van der Waals surface area contributed by atoms with Crippen molar-refractivity contribution >= 4 is 39.8 Å². The quantitative estimate of drug-likeness (QED) is 0.274. The number of hydrogen-bond acceptors (Lipinski definition) is 8. The van der Waals surface area contributed by atoms with Crippen LogP contribution in [0.1, 0.15) is 17.3 Å². The van der Waals surface area contributed by atoms with Crippen LogP contribution < -0.4 is 20.7 Å². The number of anilines is 4. The van der Waals surface area contributed by atoms with Crippen molar-refractivity contribution in [3.05, 3.63) is 66.2 Å². The third-order valence-corrected chi connectivity index (χ3v) is 5.73. The Balaban J connectivity index is 1.56. The summed E-state index contributed by atoms with van der Waals surface area (Å²) in [7, 11) is 1.30. The van der Waals surface area contributed by atoms with Gasteiger partial charge in [0.05, 0.1) is 36.2 Å². The number of carbonyl (C=O) groups excluding carboxylic acids is 1. The second-order valence-electron chi connectivity index (χ2n) is 8.23. The zero-order valence-corrected chi connectivity index (χ0v) is 19.8. The number of fused-ring (bicyclic) bond motifs is 2. The lowest BCUT2D eigenvalue weighted by molar-refractivity contribution is -0.135. The molecule has 1 aliphatic heterocycles. The molecule has 37 heavy (non-hydrogen) atoms. The van der Waals surface area contributed by atoms with Crippen LogP contribution in [0, 0.1) is 0 Å². The third kappa shape index (κ3) is 4.92. The van der Waals surface area contributed by atoms with E-state index in [2.05, 4.69) is 20.9 Å². The molecule has 1 aromatic heterocycles. The Kier molecular flexibility index (Phi) is 6.20. The maximum atomic E-state index is 13.2. The van der Waals surface area contributed by atoms with Crippen molar-refractivity contribution < 1.29 is 27.4 Å². The van der Waals surface area contributed by atoms with Crippen molar-refractivity contribution in [3.8, 4) is 17.1 Å². The second kappa shape index (κ2) is 9.49. The first-order chi connectivity index (χ1) is 17.7. The van der Waals surface area contributed by atoms with Crippen LogP contribution in [0.4, 0.5) is 36.1 Å². The number of rotatable bonds is 6. The highest BCUT2D eigenvalue weighted by Gasteiger charge is 2.43. The van der Waals surface area contributed by atoms with Crippen LogP contribution in [-0.2, 0) is 4.74 Å². The Morgan fingerprint density at radius 2 is 1.84 bits per heavy atom. The molecule has 2 heterocycles. The summed E-state index contributed by atoms with van der Waals surface area (Å²) in [5, 5.41) is 8.74. The molecular formula is C26H22F3N5O3. The maximum Gasteiger partial charge on any atom is 0.427 e. The first-order valence-electron chi connectivity index (χ1n) is 11.4. The van der Waals surface area contributed by atoms with E-state index in [0.29, 0.717) is 63.1 Å². The Bertz CT molecular complexity index is 1490. The van der Waals surface area contributed by atoms with Crippen molar-refractivity contribution in [2.24, 2.45) is 0 Å². The molecule has 11 heteroatoms. The Morgan fingerprint density at radius 3 is 2.59 bits per heavy atom. The average Bonchev–Trinajstić information content (AvgIpc) is 3.33. The normalized spacial score (nSPS) is 14.5. The Morgan fingerprint density at radius 1 is 1.03 bits per heavy atom. The summed E-state index contributed by atoms with van der Waals surface area (Å²) in [5.74, 6) is 0.903. The number of alkyl halides is 3. The highest BCUT2D eigenvalue weighted by molar-refractivity contribution is 5.95. The summed E-state index contributed by atoms with van der Waals surface area (Å²) in [5.41, 5.74) is 2.73. The van der Waals surface area contributed by atoms with Crippen LogP contribution in [0.3, 0.4) is 0 Å². The van der Waals surface area contributed by atoms with Crippen LogP contribution in [0.2, 0.25) is 0 Å². The molecule has 0 radical (unpaired) electrons. The Hall–Kier alpha value is -4.54. The zero-order chi connectivity index (χ0) is 26.2. The molecule has 0 saturated heterocycles. The lowest BCUT2D eigenvalue weighted by Gasteiger charge is -2.15. The van der Waals surface area contributed by atoms with E-state index < -0.39 is 18.3 Å². The molecule has 1 unspecified atom stereocenters. The summed E-state index contributed by atoms with van der Waals surface area (Å²) >= 11 is 0. The smallest absolute Gasteiger partial charge is 0.427 e.